The average Bonchev–Trinajstić information content (AvgIpc) is 2.42. The van der Waals surface area contributed by atoms with E-state index in [0.29, 0.717) is 19.5 Å². The highest BCUT2D eigenvalue weighted by atomic mass is 16.3. The van der Waals surface area contributed by atoms with Gasteiger partial charge in [-0.2, -0.15) is 0 Å². The van der Waals surface area contributed by atoms with E-state index in [1.54, 1.807) is 0 Å². The van der Waals surface area contributed by atoms with Crippen LogP contribution in [0, 0.1) is 5.41 Å². The summed E-state index contributed by atoms with van der Waals surface area (Å²) in [4.78, 5) is 12.4. The number of benzene rings is 1. The number of nitrogens with one attached hydrogen (secondary N) is 2. The van der Waals surface area contributed by atoms with E-state index in [0.717, 1.165) is 12.1 Å². The van der Waals surface area contributed by atoms with E-state index < -0.39 is 6.10 Å². The van der Waals surface area contributed by atoms with Crippen LogP contribution >= 0.6 is 0 Å². The zero-order valence-electron chi connectivity index (χ0n) is 13.1. The largest absolute Gasteiger partial charge is 0.391 e. The summed E-state index contributed by atoms with van der Waals surface area (Å²) < 4.78 is 0. The first kappa shape index (κ1) is 16.0. The predicted molar refractivity (Wildman–Crippen MR) is 84.0 cm³/mol. The van der Waals surface area contributed by atoms with Crippen molar-refractivity contribution in [2.24, 2.45) is 5.41 Å². The van der Waals surface area contributed by atoms with Gasteiger partial charge in [-0.05, 0) is 23.0 Å². The lowest BCUT2D eigenvalue weighted by Gasteiger charge is -2.27. The predicted octanol–water partition coefficient (Wildman–Crippen LogP) is 1.79. The summed E-state index contributed by atoms with van der Waals surface area (Å²) in [5.41, 5.74) is 2.33. The molecule has 4 heteroatoms. The number of amides is 1. The molecule has 0 saturated carbocycles. The number of fused-ring (bicyclic) bond motifs is 1. The Morgan fingerprint density at radius 2 is 2.14 bits per heavy atom. The van der Waals surface area contributed by atoms with E-state index in [4.69, 9.17) is 0 Å². The van der Waals surface area contributed by atoms with Gasteiger partial charge in [0.1, 0.15) is 0 Å². The topological polar surface area (TPSA) is 61.4 Å². The highest BCUT2D eigenvalue weighted by molar-refractivity contribution is 5.84. The van der Waals surface area contributed by atoms with Crippen molar-refractivity contribution < 1.29 is 9.90 Å². The van der Waals surface area contributed by atoms with Crippen molar-refractivity contribution in [3.05, 3.63) is 35.4 Å². The first-order valence-corrected chi connectivity index (χ1v) is 7.61. The van der Waals surface area contributed by atoms with Crippen LogP contribution in [0.1, 0.15) is 44.2 Å². The third-order valence-electron chi connectivity index (χ3n) is 3.77. The molecule has 1 heterocycles. The van der Waals surface area contributed by atoms with Gasteiger partial charge in [-0.25, -0.2) is 0 Å². The highest BCUT2D eigenvalue weighted by Gasteiger charge is 2.26. The minimum Gasteiger partial charge on any atom is -0.391 e. The first-order valence-electron chi connectivity index (χ1n) is 7.61. The zero-order valence-corrected chi connectivity index (χ0v) is 13.1. The number of carbonyl (C=O) groups is 1. The molecule has 2 rings (SSSR count). The van der Waals surface area contributed by atoms with Crippen molar-refractivity contribution in [1.82, 2.24) is 10.6 Å². The Labute approximate surface area is 126 Å². The van der Waals surface area contributed by atoms with Gasteiger partial charge >= 0.3 is 0 Å². The SMILES string of the molecule is CC(C)(C)CC(O)CNC(=O)C1CNCc2ccccc21. The summed E-state index contributed by atoms with van der Waals surface area (Å²) in [6.45, 7) is 8.03. The van der Waals surface area contributed by atoms with Crippen LogP contribution < -0.4 is 10.6 Å². The molecular formula is C17H26N2O2. The first-order chi connectivity index (χ1) is 9.87. The Balaban J connectivity index is 1.93. The Hall–Kier alpha value is -1.39. The van der Waals surface area contributed by atoms with Gasteiger partial charge < -0.3 is 15.7 Å². The standard InChI is InChI=1S/C17H26N2O2/c1-17(2,3)8-13(20)10-19-16(21)15-11-18-9-12-6-4-5-7-14(12)15/h4-7,13,15,18,20H,8-11H2,1-3H3,(H,19,21). The van der Waals surface area contributed by atoms with Gasteiger partial charge in [0, 0.05) is 19.6 Å². The molecule has 0 aromatic heterocycles. The van der Waals surface area contributed by atoms with Crippen LogP contribution in [0.15, 0.2) is 24.3 Å². The van der Waals surface area contributed by atoms with Crippen LogP contribution in [0.25, 0.3) is 0 Å². The van der Waals surface area contributed by atoms with Crippen molar-refractivity contribution >= 4 is 5.91 Å². The lowest BCUT2D eigenvalue weighted by molar-refractivity contribution is -0.123. The molecule has 0 aliphatic carbocycles. The second kappa shape index (κ2) is 6.58. The lowest BCUT2D eigenvalue weighted by atomic mass is 9.88. The van der Waals surface area contributed by atoms with Crippen LogP contribution in [0.3, 0.4) is 0 Å². The summed E-state index contributed by atoms with van der Waals surface area (Å²) in [6.07, 6.45) is 0.174. The van der Waals surface area contributed by atoms with E-state index in [2.05, 4.69) is 37.5 Å². The third-order valence-corrected chi connectivity index (χ3v) is 3.77. The molecule has 21 heavy (non-hydrogen) atoms. The van der Waals surface area contributed by atoms with Gasteiger partial charge in [-0.1, -0.05) is 45.0 Å². The number of aliphatic hydroxyl groups is 1. The number of carbonyl (C=O) groups excluding carboxylic acids is 1. The van der Waals surface area contributed by atoms with Crippen LogP contribution in [-0.4, -0.2) is 30.2 Å². The summed E-state index contributed by atoms with van der Waals surface area (Å²) >= 11 is 0. The number of aliphatic hydroxyl groups excluding tert-OH is 1. The van der Waals surface area contributed by atoms with Crippen LogP contribution in [0.4, 0.5) is 0 Å². The maximum Gasteiger partial charge on any atom is 0.228 e. The second-order valence-electron chi connectivity index (χ2n) is 7.05. The fourth-order valence-electron chi connectivity index (χ4n) is 2.85. The Morgan fingerprint density at radius 3 is 2.86 bits per heavy atom. The average molecular weight is 290 g/mol. The molecule has 3 N–H and O–H groups in total. The number of hydrogen-bond acceptors (Lipinski definition) is 3. The second-order valence-corrected chi connectivity index (χ2v) is 7.05. The minimum atomic E-state index is -0.499. The molecule has 2 unspecified atom stereocenters. The van der Waals surface area contributed by atoms with Gasteiger partial charge in [0.2, 0.25) is 5.91 Å². The fraction of sp³-hybridized carbons (Fsp3) is 0.588. The van der Waals surface area contributed by atoms with E-state index in [1.165, 1.54) is 5.56 Å². The molecule has 1 amide bonds. The van der Waals surface area contributed by atoms with Gasteiger partial charge in [-0.15, -0.1) is 0 Å². The van der Waals surface area contributed by atoms with E-state index in [1.807, 2.05) is 18.2 Å². The minimum absolute atomic E-state index is 0.0115. The summed E-state index contributed by atoms with van der Waals surface area (Å²) in [6, 6.07) is 8.04. The maximum atomic E-state index is 12.4. The summed E-state index contributed by atoms with van der Waals surface area (Å²) in [7, 11) is 0. The Bertz CT molecular complexity index is 494. The van der Waals surface area contributed by atoms with Crippen LogP contribution in [0.5, 0.6) is 0 Å². The van der Waals surface area contributed by atoms with Crippen molar-refractivity contribution in [1.29, 1.82) is 0 Å². The van der Waals surface area contributed by atoms with E-state index in [9.17, 15) is 9.90 Å². The molecule has 1 aliphatic rings. The van der Waals surface area contributed by atoms with Crippen LogP contribution in [-0.2, 0) is 11.3 Å². The summed E-state index contributed by atoms with van der Waals surface area (Å²) in [5.74, 6) is -0.181. The molecule has 0 saturated heterocycles. The van der Waals surface area contributed by atoms with Crippen molar-refractivity contribution in [2.75, 3.05) is 13.1 Å². The molecule has 0 fully saturated rings. The smallest absolute Gasteiger partial charge is 0.228 e. The van der Waals surface area contributed by atoms with Crippen LogP contribution in [0.2, 0.25) is 0 Å². The molecule has 116 valence electrons. The Morgan fingerprint density at radius 1 is 1.43 bits per heavy atom. The lowest BCUT2D eigenvalue weighted by Crippen LogP contribution is -2.42. The molecule has 4 nitrogen and oxygen atoms in total. The molecule has 2 atom stereocenters. The molecular weight excluding hydrogens is 264 g/mol. The number of hydrogen-bond donors (Lipinski definition) is 3. The maximum absolute atomic E-state index is 12.4. The molecule has 0 radical (unpaired) electrons. The fourth-order valence-corrected chi connectivity index (χ4v) is 2.85. The monoisotopic (exact) mass is 290 g/mol. The molecule has 0 bridgehead atoms. The van der Waals surface area contributed by atoms with Gasteiger partial charge in [0.15, 0.2) is 0 Å². The molecule has 1 aromatic rings. The van der Waals surface area contributed by atoms with Gasteiger partial charge in [0.25, 0.3) is 0 Å². The van der Waals surface area contributed by atoms with Crippen molar-refractivity contribution in [2.45, 2.75) is 45.8 Å². The summed E-state index contributed by atoms with van der Waals surface area (Å²) in [5, 5.41) is 16.2. The molecule has 0 spiro atoms. The van der Waals surface area contributed by atoms with Crippen molar-refractivity contribution in [3.63, 3.8) is 0 Å². The highest BCUT2D eigenvalue weighted by Crippen LogP contribution is 2.24. The van der Waals surface area contributed by atoms with E-state index in [-0.39, 0.29) is 17.2 Å². The van der Waals surface area contributed by atoms with E-state index >= 15 is 0 Å². The third kappa shape index (κ3) is 4.55. The molecule has 1 aromatic carbocycles. The molecule has 1 aliphatic heterocycles. The Kier molecular flexibility index (Phi) is 5.01. The normalized spacial score (nSPS) is 19.7. The number of rotatable bonds is 4. The zero-order chi connectivity index (χ0) is 15.5. The van der Waals surface area contributed by atoms with Crippen molar-refractivity contribution in [3.8, 4) is 0 Å². The quantitative estimate of drug-likeness (QED) is 0.792. The van der Waals surface area contributed by atoms with Gasteiger partial charge in [-0.3, -0.25) is 4.79 Å². The van der Waals surface area contributed by atoms with Gasteiger partial charge in [0.05, 0.1) is 12.0 Å².